The first kappa shape index (κ1) is 49.4. The van der Waals surface area contributed by atoms with Crippen LogP contribution in [0, 0.1) is 0 Å². The van der Waals surface area contributed by atoms with E-state index < -0.39 is 74.3 Å². The summed E-state index contributed by atoms with van der Waals surface area (Å²) in [5, 5.41) is 71.2. The number of aliphatic hydroxyl groups excluding tert-OH is 7. The van der Waals surface area contributed by atoms with E-state index in [-0.39, 0.29) is 19.8 Å². The van der Waals surface area contributed by atoms with Gasteiger partial charge < -0.3 is 83.1 Å². The predicted octanol–water partition coefficient (Wildman–Crippen LogP) is 0.248. The lowest BCUT2D eigenvalue weighted by atomic mass is 9.98. The number of thiol groups is 1. The van der Waals surface area contributed by atoms with E-state index in [1.54, 1.807) is 0 Å². The van der Waals surface area contributed by atoms with E-state index >= 15 is 0 Å². The van der Waals surface area contributed by atoms with Crippen molar-refractivity contribution in [2.75, 3.05) is 105 Å². The smallest absolute Gasteiger partial charge is 0.187 e. The lowest BCUT2D eigenvalue weighted by Crippen LogP contribution is -2.62. The third kappa shape index (κ3) is 21.7. The first-order chi connectivity index (χ1) is 26.3. The monoisotopic (exact) mass is 804 g/mol. The van der Waals surface area contributed by atoms with Crippen LogP contribution in [0.2, 0.25) is 0 Å². The molecule has 17 nitrogen and oxygen atoms in total. The number of rotatable bonds is 33. The van der Waals surface area contributed by atoms with Gasteiger partial charge in [0.05, 0.1) is 98.6 Å². The van der Waals surface area contributed by atoms with E-state index in [9.17, 15) is 35.7 Å². The summed E-state index contributed by atoms with van der Waals surface area (Å²) < 4.78 is 54.9. The average molecular weight is 805 g/mol. The second kappa shape index (κ2) is 32.2. The van der Waals surface area contributed by atoms with Crippen molar-refractivity contribution in [3.63, 3.8) is 0 Å². The summed E-state index contributed by atoms with van der Waals surface area (Å²) in [6.07, 6.45) is -1.55. The van der Waals surface area contributed by atoms with Crippen LogP contribution in [0.1, 0.15) is 57.8 Å². The van der Waals surface area contributed by atoms with E-state index in [0.29, 0.717) is 59.5 Å². The van der Waals surface area contributed by atoms with Gasteiger partial charge in [-0.2, -0.15) is 12.6 Å². The molecule has 7 N–H and O–H groups in total. The van der Waals surface area contributed by atoms with Crippen molar-refractivity contribution in [2.24, 2.45) is 0 Å². The number of ether oxygens (including phenoxy) is 10. The topological polar surface area (TPSA) is 234 Å². The van der Waals surface area contributed by atoms with Crippen LogP contribution >= 0.6 is 12.6 Å². The molecule has 1 saturated heterocycles. The van der Waals surface area contributed by atoms with Crippen LogP contribution in [0.4, 0.5) is 0 Å². The molecule has 0 aromatic carbocycles. The van der Waals surface area contributed by atoms with Crippen LogP contribution in [0.5, 0.6) is 0 Å². The Kier molecular flexibility index (Phi) is 29.5. The highest BCUT2D eigenvalue weighted by molar-refractivity contribution is 7.80. The maximum atomic E-state index is 10.7. The molecule has 1 fully saturated rings. The SMILES string of the molecule is OCC1O[C@@H](OCCOCCOCCOCCOCCOCCOCCCCCCCCCCCS)C(O)C(O)[C@@H]1O[C@@H]1OCC(O)C=C(O)C(O)C1O. The molecule has 54 heavy (non-hydrogen) atoms. The molecule has 6 unspecified atom stereocenters. The van der Waals surface area contributed by atoms with Crippen molar-refractivity contribution >= 4 is 12.6 Å². The van der Waals surface area contributed by atoms with Crippen LogP contribution in [0.15, 0.2) is 11.8 Å². The largest absolute Gasteiger partial charge is 0.510 e. The van der Waals surface area contributed by atoms with E-state index in [1.165, 1.54) is 51.4 Å². The summed E-state index contributed by atoms with van der Waals surface area (Å²) in [6.45, 7) is 4.24. The number of unbranched alkanes of at least 4 members (excludes halogenated alkanes) is 8. The standard InChI is InChI=1S/C36H68O17S/c37-25-29-34(53-36-32(42)30(40)28(39)24-27(38)26-51-36)31(41)33(43)35(52-29)50-22-21-49-20-19-48-18-17-47-16-15-46-14-13-45-12-11-44-10-8-6-4-2-1-3-5-7-9-23-54/h24,27,29-43,54H,1-23,25-26H2/t27?,29?,30?,31?,32?,33?,34-,35-,36+/m1/s1. The third-order valence-corrected chi connectivity index (χ3v) is 8.94. The lowest BCUT2D eigenvalue weighted by molar-refractivity contribution is -0.338. The molecule has 0 amide bonds. The second-order valence-corrected chi connectivity index (χ2v) is 13.5. The van der Waals surface area contributed by atoms with Crippen LogP contribution < -0.4 is 0 Å². The summed E-state index contributed by atoms with van der Waals surface area (Å²) >= 11 is 4.24. The lowest BCUT2D eigenvalue weighted by Gasteiger charge is -2.43. The molecular formula is C36H68O17S. The quantitative estimate of drug-likeness (QED) is 0.0328. The van der Waals surface area contributed by atoms with Gasteiger partial charge >= 0.3 is 0 Å². The molecular weight excluding hydrogens is 736 g/mol. The van der Waals surface area contributed by atoms with E-state index in [2.05, 4.69) is 12.6 Å². The maximum absolute atomic E-state index is 10.7. The van der Waals surface area contributed by atoms with Gasteiger partial charge in [0.25, 0.3) is 0 Å². The third-order valence-electron chi connectivity index (χ3n) is 8.63. The first-order valence-corrected chi connectivity index (χ1v) is 20.0. The Balaban J connectivity index is 1.37. The molecule has 0 aromatic rings. The summed E-state index contributed by atoms with van der Waals surface area (Å²) in [5.74, 6) is 0.307. The van der Waals surface area contributed by atoms with Gasteiger partial charge in [-0.1, -0.05) is 44.9 Å². The van der Waals surface area contributed by atoms with Crippen molar-refractivity contribution in [3.8, 4) is 0 Å². The van der Waals surface area contributed by atoms with Gasteiger partial charge in [0, 0.05) is 6.61 Å². The van der Waals surface area contributed by atoms with Crippen molar-refractivity contribution in [1.29, 1.82) is 0 Å². The van der Waals surface area contributed by atoms with Crippen molar-refractivity contribution < 1.29 is 83.1 Å². The van der Waals surface area contributed by atoms with Gasteiger partial charge in [0.1, 0.15) is 42.4 Å². The Morgan fingerprint density at radius 2 is 1.04 bits per heavy atom. The first-order valence-electron chi connectivity index (χ1n) is 19.3. The Labute approximate surface area is 325 Å². The molecule has 0 aromatic heterocycles. The number of hydrogen-bond acceptors (Lipinski definition) is 18. The molecule has 0 radical (unpaired) electrons. The van der Waals surface area contributed by atoms with Gasteiger partial charge in [-0.25, -0.2) is 0 Å². The van der Waals surface area contributed by atoms with Crippen molar-refractivity contribution in [3.05, 3.63) is 11.8 Å². The van der Waals surface area contributed by atoms with E-state index in [0.717, 1.165) is 24.9 Å². The summed E-state index contributed by atoms with van der Waals surface area (Å²) in [6, 6.07) is 0. The van der Waals surface area contributed by atoms with Crippen molar-refractivity contribution in [2.45, 2.75) is 113 Å². The zero-order chi connectivity index (χ0) is 39.2. The van der Waals surface area contributed by atoms with Gasteiger partial charge in [0.15, 0.2) is 12.6 Å². The Bertz CT molecular complexity index is 905. The van der Waals surface area contributed by atoms with Crippen molar-refractivity contribution in [1.82, 2.24) is 0 Å². The predicted molar refractivity (Wildman–Crippen MR) is 197 cm³/mol. The van der Waals surface area contributed by atoms with Crippen LogP contribution in [0.3, 0.4) is 0 Å². The fourth-order valence-corrected chi connectivity index (χ4v) is 5.79. The fraction of sp³-hybridized carbons (Fsp3) is 0.944. The highest BCUT2D eigenvalue weighted by atomic mass is 32.1. The molecule has 9 atom stereocenters. The minimum atomic E-state index is -1.86. The molecule has 0 spiro atoms. The Morgan fingerprint density at radius 1 is 0.574 bits per heavy atom. The highest BCUT2D eigenvalue weighted by Crippen LogP contribution is 2.27. The van der Waals surface area contributed by atoms with E-state index in [4.69, 9.17) is 47.4 Å². The van der Waals surface area contributed by atoms with Gasteiger partial charge in [0.2, 0.25) is 0 Å². The van der Waals surface area contributed by atoms with Gasteiger partial charge in [-0.3, -0.25) is 0 Å². The normalized spacial score (nSPS) is 27.8. The zero-order valence-electron chi connectivity index (χ0n) is 31.6. The minimum absolute atomic E-state index is 0.0156. The second-order valence-electron chi connectivity index (χ2n) is 13.1. The number of aliphatic hydroxyl groups is 7. The molecule has 18 heteroatoms. The van der Waals surface area contributed by atoms with Gasteiger partial charge in [-0.15, -0.1) is 0 Å². The van der Waals surface area contributed by atoms with E-state index in [1.807, 2.05) is 0 Å². The molecule has 0 aliphatic carbocycles. The molecule has 2 rings (SSSR count). The average Bonchev–Trinajstić information content (AvgIpc) is 3.17. The van der Waals surface area contributed by atoms with Crippen LogP contribution in [0.25, 0.3) is 0 Å². The summed E-state index contributed by atoms with van der Waals surface area (Å²) in [5.41, 5.74) is 0. The molecule has 2 aliphatic heterocycles. The summed E-state index contributed by atoms with van der Waals surface area (Å²) in [7, 11) is 0. The Hall–Kier alpha value is -0.750. The Morgan fingerprint density at radius 3 is 1.54 bits per heavy atom. The summed E-state index contributed by atoms with van der Waals surface area (Å²) in [4.78, 5) is 0. The van der Waals surface area contributed by atoms with Crippen LogP contribution in [-0.4, -0.2) is 196 Å². The van der Waals surface area contributed by atoms with Gasteiger partial charge in [-0.05, 0) is 24.7 Å². The molecule has 320 valence electrons. The molecule has 2 aliphatic rings. The fourth-order valence-electron chi connectivity index (χ4n) is 5.57. The van der Waals surface area contributed by atoms with Crippen LogP contribution in [-0.2, 0) is 47.4 Å². The highest BCUT2D eigenvalue weighted by Gasteiger charge is 2.48. The minimum Gasteiger partial charge on any atom is -0.510 e. The maximum Gasteiger partial charge on any atom is 0.187 e. The number of hydrogen-bond donors (Lipinski definition) is 8. The molecule has 0 saturated carbocycles. The zero-order valence-corrected chi connectivity index (χ0v) is 32.5. The molecule has 0 bridgehead atoms. The molecule has 2 heterocycles.